The predicted octanol–water partition coefficient (Wildman–Crippen LogP) is 0.393. The number of hydrogen-bond acceptors (Lipinski definition) is 4. The van der Waals surface area contributed by atoms with Crippen molar-refractivity contribution in [1.29, 1.82) is 0 Å². The topological polar surface area (TPSA) is 83.6 Å². The molecular weight excluding hydrogens is 278 g/mol. The Hall–Kier alpha value is -1.09. The summed E-state index contributed by atoms with van der Waals surface area (Å²) in [7, 11) is -4.05. The number of halogens is 2. The number of aliphatic hydroxyl groups is 1. The van der Waals surface area contributed by atoms with Crippen LogP contribution in [0, 0.1) is 0 Å². The molecule has 0 fully saturated rings. The lowest BCUT2D eigenvalue weighted by atomic mass is 10.2. The van der Waals surface area contributed by atoms with Crippen molar-refractivity contribution < 1.29 is 22.3 Å². The summed E-state index contributed by atoms with van der Waals surface area (Å²) in [6.45, 7) is -1.70. The Bertz CT molecular complexity index is 508. The van der Waals surface area contributed by atoms with Gasteiger partial charge >= 0.3 is 0 Å². The van der Waals surface area contributed by atoms with Crippen LogP contribution in [0.3, 0.4) is 0 Å². The maximum Gasteiger partial charge on any atom is 0.252 e. The minimum absolute atomic E-state index is 0.107. The van der Waals surface area contributed by atoms with E-state index in [1.807, 2.05) is 0 Å². The molecule has 0 saturated heterocycles. The van der Waals surface area contributed by atoms with Crippen molar-refractivity contribution in [2.45, 2.75) is 17.9 Å². The van der Waals surface area contributed by atoms with Gasteiger partial charge in [0, 0.05) is 13.1 Å². The van der Waals surface area contributed by atoms with Crippen LogP contribution < -0.4 is 5.73 Å². The second-order valence-electron chi connectivity index (χ2n) is 3.83. The van der Waals surface area contributed by atoms with Crippen LogP contribution in [0.4, 0.5) is 8.78 Å². The Morgan fingerprint density at radius 1 is 1.37 bits per heavy atom. The predicted molar refractivity (Wildman–Crippen MR) is 66.2 cm³/mol. The molecule has 0 atom stereocenters. The van der Waals surface area contributed by atoms with Crippen molar-refractivity contribution in [3.8, 4) is 0 Å². The first kappa shape index (κ1) is 16.0. The quantitative estimate of drug-likeness (QED) is 0.762. The first-order chi connectivity index (χ1) is 8.91. The normalized spacial score (nSPS) is 12.3. The maximum absolute atomic E-state index is 12.4. The van der Waals surface area contributed by atoms with Gasteiger partial charge in [0.05, 0.1) is 18.0 Å². The smallest absolute Gasteiger partial charge is 0.252 e. The summed E-state index contributed by atoms with van der Waals surface area (Å²) < 4.78 is 49.7. The Kier molecular flexibility index (Phi) is 5.80. The van der Waals surface area contributed by atoms with Gasteiger partial charge in [-0.2, -0.15) is 4.31 Å². The molecule has 0 aliphatic carbocycles. The zero-order chi connectivity index (χ0) is 14.5. The molecule has 108 valence electrons. The Balaban J connectivity index is 3.10. The van der Waals surface area contributed by atoms with E-state index in [1.54, 1.807) is 6.07 Å². The van der Waals surface area contributed by atoms with Crippen molar-refractivity contribution in [2.24, 2.45) is 5.73 Å². The zero-order valence-electron chi connectivity index (χ0n) is 10.2. The molecule has 8 heteroatoms. The molecule has 1 rings (SSSR count). The third-order valence-corrected chi connectivity index (χ3v) is 4.32. The number of nitrogens with two attached hydrogens (primary N) is 1. The highest BCUT2D eigenvalue weighted by Crippen LogP contribution is 2.18. The zero-order valence-corrected chi connectivity index (χ0v) is 11.0. The minimum Gasteiger partial charge on any atom is -0.395 e. The average Bonchev–Trinajstić information content (AvgIpc) is 2.38. The molecule has 0 bridgehead atoms. The number of nitrogens with zero attached hydrogens (tertiary/aromatic N) is 1. The van der Waals surface area contributed by atoms with E-state index in [4.69, 9.17) is 10.8 Å². The van der Waals surface area contributed by atoms with E-state index in [0.717, 1.165) is 0 Å². The molecule has 19 heavy (non-hydrogen) atoms. The lowest BCUT2D eigenvalue weighted by Gasteiger charge is -2.21. The highest BCUT2D eigenvalue weighted by Gasteiger charge is 2.26. The average molecular weight is 294 g/mol. The molecule has 0 heterocycles. The first-order valence-corrected chi connectivity index (χ1v) is 7.04. The molecule has 0 aliphatic heterocycles. The lowest BCUT2D eigenvalue weighted by Crippen LogP contribution is -2.37. The standard InChI is InChI=1S/C11H16F2N2O3S/c12-11(13)8-15(4-5-16)19(17,18)10-3-1-2-9(6-10)7-14/h1-3,6,11,16H,4-5,7-8,14H2. The molecule has 0 amide bonds. The summed E-state index contributed by atoms with van der Waals surface area (Å²) in [6.07, 6.45) is -2.81. The third-order valence-electron chi connectivity index (χ3n) is 2.46. The molecule has 3 N–H and O–H groups in total. The van der Waals surface area contributed by atoms with E-state index in [2.05, 4.69) is 0 Å². The van der Waals surface area contributed by atoms with Crippen molar-refractivity contribution >= 4 is 10.0 Å². The Morgan fingerprint density at radius 3 is 2.58 bits per heavy atom. The molecule has 0 unspecified atom stereocenters. The van der Waals surface area contributed by atoms with E-state index in [-0.39, 0.29) is 18.0 Å². The van der Waals surface area contributed by atoms with Crippen LogP contribution >= 0.6 is 0 Å². The van der Waals surface area contributed by atoms with E-state index in [9.17, 15) is 17.2 Å². The van der Waals surface area contributed by atoms with Gasteiger partial charge in [0.1, 0.15) is 0 Å². The summed E-state index contributed by atoms with van der Waals surface area (Å²) >= 11 is 0. The summed E-state index contributed by atoms with van der Waals surface area (Å²) in [5.74, 6) is 0. The highest BCUT2D eigenvalue weighted by molar-refractivity contribution is 7.89. The Labute approximate surface area is 110 Å². The van der Waals surface area contributed by atoms with Crippen molar-refractivity contribution in [3.63, 3.8) is 0 Å². The number of aliphatic hydroxyl groups excluding tert-OH is 1. The van der Waals surface area contributed by atoms with E-state index < -0.39 is 29.6 Å². The third kappa shape index (κ3) is 4.20. The van der Waals surface area contributed by atoms with Gasteiger partial charge in [-0.25, -0.2) is 17.2 Å². The highest BCUT2D eigenvalue weighted by atomic mass is 32.2. The van der Waals surface area contributed by atoms with Crippen LogP contribution in [0.25, 0.3) is 0 Å². The minimum atomic E-state index is -4.05. The van der Waals surface area contributed by atoms with Crippen molar-refractivity contribution in [1.82, 2.24) is 4.31 Å². The SMILES string of the molecule is NCc1cccc(S(=O)(=O)N(CCO)CC(F)F)c1. The van der Waals surface area contributed by atoms with Crippen LogP contribution in [0.1, 0.15) is 5.56 Å². The molecule has 0 saturated carbocycles. The molecule has 0 aromatic heterocycles. The number of hydrogen-bond donors (Lipinski definition) is 2. The van der Waals surface area contributed by atoms with Crippen LogP contribution in [0.15, 0.2) is 29.2 Å². The van der Waals surface area contributed by atoms with Gasteiger partial charge in [-0.3, -0.25) is 0 Å². The van der Waals surface area contributed by atoms with Gasteiger partial charge in [-0.05, 0) is 17.7 Å². The van der Waals surface area contributed by atoms with Crippen LogP contribution in [0.5, 0.6) is 0 Å². The van der Waals surface area contributed by atoms with Gasteiger partial charge in [-0.1, -0.05) is 12.1 Å². The fraction of sp³-hybridized carbons (Fsp3) is 0.455. The maximum atomic E-state index is 12.4. The van der Waals surface area contributed by atoms with E-state index >= 15 is 0 Å². The first-order valence-electron chi connectivity index (χ1n) is 5.60. The number of rotatable bonds is 7. The number of alkyl halides is 2. The van der Waals surface area contributed by atoms with Gasteiger partial charge in [0.2, 0.25) is 10.0 Å². The monoisotopic (exact) mass is 294 g/mol. The molecule has 1 aromatic carbocycles. The fourth-order valence-corrected chi connectivity index (χ4v) is 3.04. The number of sulfonamides is 1. The number of benzene rings is 1. The van der Waals surface area contributed by atoms with E-state index in [0.29, 0.717) is 9.87 Å². The van der Waals surface area contributed by atoms with Gasteiger partial charge in [0.15, 0.2) is 0 Å². The van der Waals surface area contributed by atoms with Gasteiger partial charge < -0.3 is 10.8 Å². The molecule has 0 radical (unpaired) electrons. The van der Waals surface area contributed by atoms with Crippen molar-refractivity contribution in [3.05, 3.63) is 29.8 Å². The molecule has 0 aliphatic rings. The summed E-state index contributed by atoms with van der Waals surface area (Å²) in [6, 6.07) is 5.78. The van der Waals surface area contributed by atoms with Gasteiger partial charge in [0.25, 0.3) is 6.43 Å². The summed E-state index contributed by atoms with van der Waals surface area (Å²) in [4.78, 5) is -0.107. The molecule has 1 aromatic rings. The lowest BCUT2D eigenvalue weighted by molar-refractivity contribution is 0.113. The van der Waals surface area contributed by atoms with Crippen LogP contribution in [0.2, 0.25) is 0 Å². The van der Waals surface area contributed by atoms with E-state index in [1.165, 1.54) is 18.2 Å². The second kappa shape index (κ2) is 6.90. The van der Waals surface area contributed by atoms with Crippen molar-refractivity contribution in [2.75, 3.05) is 19.7 Å². The van der Waals surface area contributed by atoms with Crippen LogP contribution in [-0.4, -0.2) is 44.0 Å². The van der Waals surface area contributed by atoms with Gasteiger partial charge in [-0.15, -0.1) is 0 Å². The summed E-state index contributed by atoms with van der Waals surface area (Å²) in [5.41, 5.74) is 5.99. The molecular formula is C11H16F2N2O3S. The summed E-state index contributed by atoms with van der Waals surface area (Å²) in [5, 5.41) is 8.79. The molecule has 5 nitrogen and oxygen atoms in total. The largest absolute Gasteiger partial charge is 0.395 e. The Morgan fingerprint density at radius 2 is 2.05 bits per heavy atom. The molecule has 0 spiro atoms. The fourth-order valence-electron chi connectivity index (χ4n) is 1.56. The van der Waals surface area contributed by atoms with Crippen LogP contribution in [-0.2, 0) is 16.6 Å². The second-order valence-corrected chi connectivity index (χ2v) is 5.77.